The molecule has 28 heavy (non-hydrogen) atoms. The van der Waals surface area contributed by atoms with Crippen molar-refractivity contribution >= 4 is 22.8 Å². The number of fused-ring (bicyclic) bond motifs is 1. The minimum Gasteiger partial charge on any atom is -0.493 e. The zero-order valence-corrected chi connectivity index (χ0v) is 15.7. The lowest BCUT2D eigenvalue weighted by Crippen LogP contribution is -2.16. The maximum Gasteiger partial charge on any atom is 0.260 e. The molecular weight excluding hydrogens is 358 g/mol. The van der Waals surface area contributed by atoms with E-state index in [1.165, 1.54) is 14.2 Å². The molecule has 0 atom stereocenters. The van der Waals surface area contributed by atoms with E-state index in [1.807, 2.05) is 31.2 Å². The summed E-state index contributed by atoms with van der Waals surface area (Å²) >= 11 is 0. The van der Waals surface area contributed by atoms with Crippen LogP contribution in [-0.4, -0.2) is 39.9 Å². The van der Waals surface area contributed by atoms with Gasteiger partial charge < -0.3 is 19.8 Å². The van der Waals surface area contributed by atoms with Crippen molar-refractivity contribution in [2.75, 3.05) is 19.5 Å². The number of ether oxygens (including phenoxy) is 2. The van der Waals surface area contributed by atoms with Crippen LogP contribution in [0.15, 0.2) is 48.5 Å². The van der Waals surface area contributed by atoms with Gasteiger partial charge in [-0.2, -0.15) is 9.78 Å². The third-order valence-corrected chi connectivity index (χ3v) is 4.30. The second-order valence-corrected chi connectivity index (χ2v) is 6.16. The summed E-state index contributed by atoms with van der Waals surface area (Å²) in [5, 5.41) is 7.33. The van der Waals surface area contributed by atoms with Gasteiger partial charge in [0.1, 0.15) is 5.82 Å². The molecule has 0 aliphatic rings. The lowest BCUT2D eigenvalue weighted by molar-refractivity contribution is 0.102. The van der Waals surface area contributed by atoms with Crippen LogP contribution in [0.25, 0.3) is 17.0 Å². The summed E-state index contributed by atoms with van der Waals surface area (Å²) < 4.78 is 12.2. The van der Waals surface area contributed by atoms with Crippen LogP contribution >= 0.6 is 0 Å². The molecule has 8 nitrogen and oxygen atoms in total. The SMILES string of the molecule is COc1cccc(C(=O)Nc2cc(C)nn2-c2nc3ccccc3[nH]2)c1OC. The fraction of sp³-hybridized carbons (Fsp3) is 0.150. The maximum atomic E-state index is 12.9. The minimum absolute atomic E-state index is 0.340. The fourth-order valence-corrected chi connectivity index (χ4v) is 3.04. The van der Waals surface area contributed by atoms with Crippen molar-refractivity contribution in [2.45, 2.75) is 6.92 Å². The normalized spacial score (nSPS) is 10.8. The summed E-state index contributed by atoms with van der Waals surface area (Å²) in [6.45, 7) is 1.85. The number of rotatable bonds is 5. The van der Waals surface area contributed by atoms with Gasteiger partial charge in [0.25, 0.3) is 5.91 Å². The van der Waals surface area contributed by atoms with Gasteiger partial charge in [0.05, 0.1) is 36.5 Å². The van der Waals surface area contributed by atoms with Gasteiger partial charge >= 0.3 is 0 Å². The first-order valence-electron chi connectivity index (χ1n) is 8.65. The van der Waals surface area contributed by atoms with Crippen LogP contribution in [0.3, 0.4) is 0 Å². The van der Waals surface area contributed by atoms with Crippen LogP contribution < -0.4 is 14.8 Å². The van der Waals surface area contributed by atoms with Crippen LogP contribution in [0.1, 0.15) is 16.1 Å². The summed E-state index contributed by atoms with van der Waals surface area (Å²) in [5.74, 6) is 1.52. The zero-order chi connectivity index (χ0) is 19.7. The number of hydrogen-bond acceptors (Lipinski definition) is 5. The highest BCUT2D eigenvalue weighted by molar-refractivity contribution is 6.06. The van der Waals surface area contributed by atoms with Crippen molar-refractivity contribution in [3.8, 4) is 17.4 Å². The van der Waals surface area contributed by atoms with E-state index in [9.17, 15) is 4.79 Å². The van der Waals surface area contributed by atoms with E-state index in [1.54, 1.807) is 28.9 Å². The third-order valence-electron chi connectivity index (χ3n) is 4.30. The highest BCUT2D eigenvalue weighted by atomic mass is 16.5. The molecule has 0 fully saturated rings. The number of methoxy groups -OCH3 is 2. The zero-order valence-electron chi connectivity index (χ0n) is 15.7. The van der Waals surface area contributed by atoms with Crippen molar-refractivity contribution < 1.29 is 14.3 Å². The van der Waals surface area contributed by atoms with Crippen LogP contribution in [0.2, 0.25) is 0 Å². The molecule has 2 aromatic carbocycles. The van der Waals surface area contributed by atoms with E-state index in [0.29, 0.717) is 28.8 Å². The highest BCUT2D eigenvalue weighted by Gasteiger charge is 2.19. The second kappa shape index (κ2) is 7.07. The summed E-state index contributed by atoms with van der Waals surface area (Å²) in [5.41, 5.74) is 2.81. The van der Waals surface area contributed by atoms with Crippen LogP contribution in [0.4, 0.5) is 5.82 Å². The molecule has 1 amide bonds. The predicted octanol–water partition coefficient (Wildman–Crippen LogP) is 3.33. The third kappa shape index (κ3) is 3.05. The first kappa shape index (κ1) is 17.6. The Hall–Kier alpha value is -3.81. The van der Waals surface area contributed by atoms with Crippen LogP contribution in [-0.2, 0) is 0 Å². The van der Waals surface area contributed by atoms with E-state index >= 15 is 0 Å². The maximum absolute atomic E-state index is 12.9. The Labute approximate surface area is 161 Å². The molecule has 0 saturated carbocycles. The smallest absolute Gasteiger partial charge is 0.260 e. The van der Waals surface area contributed by atoms with Crippen molar-refractivity contribution in [1.29, 1.82) is 0 Å². The number of anilines is 1. The number of para-hydroxylation sites is 3. The Balaban J connectivity index is 1.71. The molecule has 0 aliphatic carbocycles. The quantitative estimate of drug-likeness (QED) is 0.556. The van der Waals surface area contributed by atoms with Gasteiger partial charge in [-0.1, -0.05) is 18.2 Å². The predicted molar refractivity (Wildman–Crippen MR) is 105 cm³/mol. The first-order valence-corrected chi connectivity index (χ1v) is 8.65. The summed E-state index contributed by atoms with van der Waals surface area (Å²) in [6, 6.07) is 14.6. The lowest BCUT2D eigenvalue weighted by Gasteiger charge is -2.12. The van der Waals surface area contributed by atoms with Gasteiger partial charge in [0, 0.05) is 6.07 Å². The van der Waals surface area contributed by atoms with Gasteiger partial charge in [-0.3, -0.25) is 4.79 Å². The molecule has 4 rings (SSSR count). The number of amides is 1. The summed E-state index contributed by atoms with van der Waals surface area (Å²) in [4.78, 5) is 20.7. The first-order chi connectivity index (χ1) is 13.6. The molecule has 8 heteroatoms. The fourth-order valence-electron chi connectivity index (χ4n) is 3.04. The monoisotopic (exact) mass is 377 g/mol. The second-order valence-electron chi connectivity index (χ2n) is 6.16. The molecule has 2 heterocycles. The van der Waals surface area contributed by atoms with Gasteiger partial charge in [0.2, 0.25) is 5.95 Å². The van der Waals surface area contributed by atoms with Gasteiger partial charge in [0.15, 0.2) is 11.5 Å². The van der Waals surface area contributed by atoms with E-state index < -0.39 is 0 Å². The molecule has 4 aromatic rings. The molecule has 0 bridgehead atoms. The number of imidazole rings is 1. The Morgan fingerprint density at radius 1 is 1.11 bits per heavy atom. The Morgan fingerprint density at radius 3 is 2.68 bits per heavy atom. The van der Waals surface area contributed by atoms with E-state index in [4.69, 9.17) is 9.47 Å². The number of carbonyl (C=O) groups excluding carboxylic acids is 1. The highest BCUT2D eigenvalue weighted by Crippen LogP contribution is 2.31. The molecule has 0 radical (unpaired) electrons. The van der Waals surface area contributed by atoms with Crippen LogP contribution in [0.5, 0.6) is 11.5 Å². The molecule has 2 N–H and O–H groups in total. The number of H-pyrrole nitrogens is 1. The topological polar surface area (TPSA) is 94.1 Å². The van der Waals surface area contributed by atoms with Gasteiger partial charge in [-0.15, -0.1) is 0 Å². The lowest BCUT2D eigenvalue weighted by atomic mass is 10.1. The number of hydrogen-bond donors (Lipinski definition) is 2. The van der Waals surface area contributed by atoms with Crippen molar-refractivity contribution in [3.63, 3.8) is 0 Å². The average Bonchev–Trinajstić information content (AvgIpc) is 3.29. The number of aromatic amines is 1. The molecule has 0 saturated heterocycles. The Kier molecular flexibility index (Phi) is 4.44. The Bertz CT molecular complexity index is 1130. The number of aromatic nitrogens is 4. The molecule has 0 spiro atoms. The number of nitrogens with zero attached hydrogens (tertiary/aromatic N) is 3. The largest absolute Gasteiger partial charge is 0.493 e. The molecule has 142 valence electrons. The molecule has 0 unspecified atom stereocenters. The van der Waals surface area contributed by atoms with Gasteiger partial charge in [-0.05, 0) is 31.2 Å². The number of nitrogens with one attached hydrogen (secondary N) is 2. The average molecular weight is 377 g/mol. The molecule has 2 aromatic heterocycles. The van der Waals surface area contributed by atoms with Crippen LogP contribution in [0, 0.1) is 6.92 Å². The van der Waals surface area contributed by atoms with Crippen molar-refractivity contribution in [3.05, 3.63) is 59.8 Å². The minimum atomic E-state index is -0.340. The number of aryl methyl sites for hydroxylation is 1. The Morgan fingerprint density at radius 2 is 1.93 bits per heavy atom. The number of carbonyl (C=O) groups is 1. The van der Waals surface area contributed by atoms with Crippen molar-refractivity contribution in [1.82, 2.24) is 19.7 Å². The summed E-state index contributed by atoms with van der Waals surface area (Å²) in [6.07, 6.45) is 0. The van der Waals surface area contributed by atoms with Gasteiger partial charge in [-0.25, -0.2) is 4.98 Å². The molecular formula is C20H19N5O3. The summed E-state index contributed by atoms with van der Waals surface area (Å²) in [7, 11) is 3.02. The van der Waals surface area contributed by atoms with E-state index in [0.717, 1.165) is 16.7 Å². The van der Waals surface area contributed by atoms with Crippen molar-refractivity contribution in [2.24, 2.45) is 0 Å². The van der Waals surface area contributed by atoms with E-state index in [-0.39, 0.29) is 5.91 Å². The molecule has 0 aliphatic heterocycles. The number of benzene rings is 2. The standard InChI is InChI=1S/C20H19N5O3/c1-12-11-17(23-19(26)13-7-6-10-16(27-2)18(13)28-3)25(24-12)20-21-14-8-4-5-9-15(14)22-20/h4-11H,1-3H3,(H,21,22)(H,23,26). The van der Waals surface area contributed by atoms with E-state index in [2.05, 4.69) is 20.4 Å².